The fourth-order valence-corrected chi connectivity index (χ4v) is 0.970. The topological polar surface area (TPSA) is 96.5 Å². The SMILES string of the molecule is O=[N+]([O-])c1cc(CO)nc(C(F)F)c1O. The Morgan fingerprint density at radius 2 is 2.20 bits per heavy atom. The molecule has 0 bridgehead atoms. The fourth-order valence-electron chi connectivity index (χ4n) is 0.970. The smallest absolute Gasteiger partial charge is 0.314 e. The number of aliphatic hydroxyl groups is 1. The highest BCUT2D eigenvalue weighted by molar-refractivity contribution is 5.49. The zero-order valence-corrected chi connectivity index (χ0v) is 7.22. The number of hydrogen-bond acceptors (Lipinski definition) is 5. The molecule has 0 aromatic carbocycles. The van der Waals surface area contributed by atoms with Gasteiger partial charge in [0.2, 0.25) is 5.75 Å². The quantitative estimate of drug-likeness (QED) is 0.587. The van der Waals surface area contributed by atoms with Gasteiger partial charge in [-0.2, -0.15) is 0 Å². The lowest BCUT2D eigenvalue weighted by Crippen LogP contribution is -2.01. The number of aromatic hydroxyl groups is 1. The standard InChI is InChI=1S/C7H6F2N2O4/c8-7(9)5-6(13)4(11(14)15)1-3(2-12)10-5/h1,7,12-13H,2H2. The largest absolute Gasteiger partial charge is 0.501 e. The van der Waals surface area contributed by atoms with Crippen LogP contribution < -0.4 is 0 Å². The van der Waals surface area contributed by atoms with E-state index < -0.39 is 35.1 Å². The maximum atomic E-state index is 12.3. The monoisotopic (exact) mass is 220 g/mol. The van der Waals surface area contributed by atoms with Gasteiger partial charge in [-0.05, 0) is 0 Å². The summed E-state index contributed by atoms with van der Waals surface area (Å²) in [5.74, 6) is -1.17. The Morgan fingerprint density at radius 1 is 1.60 bits per heavy atom. The van der Waals surface area contributed by atoms with E-state index in [4.69, 9.17) is 10.2 Å². The van der Waals surface area contributed by atoms with Crippen LogP contribution in [0.1, 0.15) is 17.8 Å². The predicted molar refractivity (Wildman–Crippen MR) is 43.4 cm³/mol. The first kappa shape index (κ1) is 11.2. The second-order valence-electron chi connectivity index (χ2n) is 2.58. The number of pyridine rings is 1. The van der Waals surface area contributed by atoms with Crippen molar-refractivity contribution in [2.75, 3.05) is 0 Å². The van der Waals surface area contributed by atoms with Crippen LogP contribution in [0.3, 0.4) is 0 Å². The first-order valence-corrected chi connectivity index (χ1v) is 3.73. The normalized spacial score (nSPS) is 10.7. The molecule has 0 atom stereocenters. The van der Waals surface area contributed by atoms with E-state index in [-0.39, 0.29) is 5.69 Å². The molecule has 1 aromatic heterocycles. The molecule has 0 unspecified atom stereocenters. The summed E-state index contributed by atoms with van der Waals surface area (Å²) in [6.45, 7) is -0.721. The second-order valence-corrected chi connectivity index (χ2v) is 2.58. The third-order valence-electron chi connectivity index (χ3n) is 1.62. The minimum atomic E-state index is -3.14. The van der Waals surface area contributed by atoms with Crippen molar-refractivity contribution in [1.82, 2.24) is 4.98 Å². The Hall–Kier alpha value is -1.83. The van der Waals surface area contributed by atoms with Gasteiger partial charge >= 0.3 is 5.69 Å². The molecule has 82 valence electrons. The van der Waals surface area contributed by atoms with E-state index in [2.05, 4.69) is 4.98 Å². The van der Waals surface area contributed by atoms with Crippen LogP contribution in [0, 0.1) is 10.1 Å². The molecule has 0 saturated carbocycles. The molecule has 15 heavy (non-hydrogen) atoms. The van der Waals surface area contributed by atoms with Gasteiger partial charge in [-0.1, -0.05) is 0 Å². The van der Waals surface area contributed by atoms with E-state index in [1.54, 1.807) is 0 Å². The first-order valence-electron chi connectivity index (χ1n) is 3.73. The minimum Gasteiger partial charge on any atom is -0.501 e. The number of hydrogen-bond donors (Lipinski definition) is 2. The molecule has 8 heteroatoms. The van der Waals surface area contributed by atoms with E-state index >= 15 is 0 Å². The van der Waals surface area contributed by atoms with Gasteiger partial charge < -0.3 is 10.2 Å². The van der Waals surface area contributed by atoms with Crippen molar-refractivity contribution in [3.8, 4) is 5.75 Å². The van der Waals surface area contributed by atoms with E-state index in [0.717, 1.165) is 6.07 Å². The summed E-state index contributed by atoms with van der Waals surface area (Å²) in [5.41, 5.74) is -2.30. The zero-order chi connectivity index (χ0) is 11.6. The Kier molecular flexibility index (Phi) is 3.10. The van der Waals surface area contributed by atoms with Crippen LogP contribution in [-0.2, 0) is 6.61 Å². The van der Waals surface area contributed by atoms with Gasteiger partial charge in [-0.25, -0.2) is 13.8 Å². The first-order chi connectivity index (χ1) is 6.97. The molecule has 1 heterocycles. The molecule has 1 aromatic rings. The lowest BCUT2D eigenvalue weighted by atomic mass is 10.2. The second kappa shape index (κ2) is 4.13. The van der Waals surface area contributed by atoms with E-state index in [1.807, 2.05) is 0 Å². The average Bonchev–Trinajstić information content (AvgIpc) is 2.17. The molecule has 0 radical (unpaired) electrons. The van der Waals surface area contributed by atoms with Crippen LogP contribution in [-0.4, -0.2) is 20.1 Å². The number of alkyl halides is 2. The van der Waals surface area contributed by atoms with Crippen molar-refractivity contribution in [3.63, 3.8) is 0 Å². The van der Waals surface area contributed by atoms with Gasteiger partial charge in [0.1, 0.15) is 0 Å². The molecule has 0 aliphatic carbocycles. The molecule has 6 nitrogen and oxygen atoms in total. The third kappa shape index (κ3) is 2.15. The molecule has 2 N–H and O–H groups in total. The maximum absolute atomic E-state index is 12.3. The lowest BCUT2D eigenvalue weighted by molar-refractivity contribution is -0.386. The van der Waals surface area contributed by atoms with Gasteiger partial charge in [0.15, 0.2) is 5.69 Å². The Morgan fingerprint density at radius 3 is 2.60 bits per heavy atom. The minimum absolute atomic E-state index is 0.296. The van der Waals surface area contributed by atoms with Gasteiger partial charge in [0, 0.05) is 6.07 Å². The summed E-state index contributed by atoms with van der Waals surface area (Å²) in [4.78, 5) is 12.5. The molecule has 0 amide bonds. The van der Waals surface area contributed by atoms with Crippen molar-refractivity contribution in [2.45, 2.75) is 13.0 Å². The molecule has 0 fully saturated rings. The van der Waals surface area contributed by atoms with Gasteiger partial charge in [-0.3, -0.25) is 10.1 Å². The predicted octanol–water partition coefficient (Wildman–Crippen LogP) is 1.13. The van der Waals surface area contributed by atoms with E-state index in [9.17, 15) is 18.9 Å². The van der Waals surface area contributed by atoms with Crippen molar-refractivity contribution in [3.05, 3.63) is 27.6 Å². The highest BCUT2D eigenvalue weighted by Gasteiger charge is 2.25. The zero-order valence-electron chi connectivity index (χ0n) is 7.22. The van der Waals surface area contributed by atoms with E-state index in [0.29, 0.717) is 0 Å². The number of halogens is 2. The molecule has 0 saturated heterocycles. The molecule has 0 aliphatic heterocycles. The van der Waals surface area contributed by atoms with Crippen LogP contribution >= 0.6 is 0 Å². The molecule has 0 aliphatic rings. The Bertz CT molecular complexity index is 397. The number of aromatic nitrogens is 1. The average molecular weight is 220 g/mol. The lowest BCUT2D eigenvalue weighted by Gasteiger charge is -2.05. The van der Waals surface area contributed by atoms with Crippen molar-refractivity contribution >= 4 is 5.69 Å². The summed E-state index contributed by atoms with van der Waals surface area (Å²) in [6, 6.07) is 0.737. The third-order valence-corrected chi connectivity index (χ3v) is 1.62. The van der Waals surface area contributed by atoms with Gasteiger partial charge in [0.25, 0.3) is 6.43 Å². The summed E-state index contributed by atoms with van der Waals surface area (Å²) >= 11 is 0. The number of nitro groups is 1. The maximum Gasteiger partial charge on any atom is 0.314 e. The Labute approximate surface area is 82.0 Å². The Balaban J connectivity index is 3.40. The summed E-state index contributed by atoms with van der Waals surface area (Å²) in [6.07, 6.45) is -3.14. The summed E-state index contributed by atoms with van der Waals surface area (Å²) in [7, 11) is 0. The van der Waals surface area contributed by atoms with Crippen LogP contribution in [0.4, 0.5) is 14.5 Å². The van der Waals surface area contributed by atoms with Crippen molar-refractivity contribution < 1.29 is 23.9 Å². The summed E-state index contributed by atoms with van der Waals surface area (Å²) < 4.78 is 24.5. The van der Waals surface area contributed by atoms with Crippen LogP contribution in [0.2, 0.25) is 0 Å². The van der Waals surface area contributed by atoms with Crippen LogP contribution in [0.5, 0.6) is 5.75 Å². The van der Waals surface area contributed by atoms with E-state index in [1.165, 1.54) is 0 Å². The molecular weight excluding hydrogens is 214 g/mol. The number of aliphatic hydroxyl groups excluding tert-OH is 1. The van der Waals surface area contributed by atoms with Crippen LogP contribution in [0.15, 0.2) is 6.07 Å². The molecule has 0 spiro atoms. The van der Waals surface area contributed by atoms with Crippen molar-refractivity contribution in [2.24, 2.45) is 0 Å². The summed E-state index contributed by atoms with van der Waals surface area (Å²) in [5, 5.41) is 28.1. The number of rotatable bonds is 3. The molecule has 1 rings (SSSR count). The number of nitrogens with zero attached hydrogens (tertiary/aromatic N) is 2. The highest BCUT2D eigenvalue weighted by atomic mass is 19.3. The van der Waals surface area contributed by atoms with Crippen molar-refractivity contribution in [1.29, 1.82) is 0 Å². The van der Waals surface area contributed by atoms with Gasteiger partial charge in [-0.15, -0.1) is 0 Å². The van der Waals surface area contributed by atoms with Gasteiger partial charge in [0.05, 0.1) is 17.2 Å². The molecular formula is C7H6F2N2O4. The van der Waals surface area contributed by atoms with Crippen LogP contribution in [0.25, 0.3) is 0 Å². The highest BCUT2D eigenvalue weighted by Crippen LogP contribution is 2.34. The fraction of sp³-hybridized carbons (Fsp3) is 0.286.